The summed E-state index contributed by atoms with van der Waals surface area (Å²) in [4.78, 5) is 0. The van der Waals surface area contributed by atoms with Gasteiger partial charge in [0.25, 0.3) is 0 Å². The van der Waals surface area contributed by atoms with Gasteiger partial charge >= 0.3 is 0 Å². The van der Waals surface area contributed by atoms with Crippen LogP contribution in [0.5, 0.6) is 0 Å². The topological polar surface area (TPSA) is 18.1 Å². The number of rotatable bonds is 2. The van der Waals surface area contributed by atoms with Crippen LogP contribution in [0.4, 0.5) is 0 Å². The summed E-state index contributed by atoms with van der Waals surface area (Å²) in [5, 5.41) is 7.49. The van der Waals surface area contributed by atoms with Gasteiger partial charge in [-0.2, -0.15) is 0 Å². The van der Waals surface area contributed by atoms with Crippen LogP contribution in [-0.4, -0.2) is 4.57 Å². The summed E-state index contributed by atoms with van der Waals surface area (Å²) in [6.07, 6.45) is 0. The monoisotopic (exact) mass is 515 g/mol. The molecular formula is C36H21NOS. The molecule has 3 heteroatoms. The van der Waals surface area contributed by atoms with Crippen molar-refractivity contribution in [3.05, 3.63) is 127 Å². The Kier molecular flexibility index (Phi) is 4.24. The summed E-state index contributed by atoms with van der Waals surface area (Å²) < 4.78 is 11.2. The Morgan fingerprint density at radius 3 is 2.00 bits per heavy atom. The number of fused-ring (bicyclic) bond motifs is 9. The summed E-state index contributed by atoms with van der Waals surface area (Å²) in [6.45, 7) is 0. The zero-order valence-electron chi connectivity index (χ0n) is 20.9. The average molecular weight is 516 g/mol. The second-order valence-electron chi connectivity index (χ2n) is 10.1. The minimum atomic E-state index is 0.930. The van der Waals surface area contributed by atoms with Gasteiger partial charge in [0.2, 0.25) is 0 Å². The van der Waals surface area contributed by atoms with E-state index in [0.717, 1.165) is 21.9 Å². The van der Waals surface area contributed by atoms with Gasteiger partial charge in [0.15, 0.2) is 0 Å². The average Bonchev–Trinajstić information content (AvgIpc) is 3.65. The van der Waals surface area contributed by atoms with Crippen molar-refractivity contribution in [2.45, 2.75) is 0 Å². The number of hydrogen-bond acceptors (Lipinski definition) is 2. The van der Waals surface area contributed by atoms with Gasteiger partial charge < -0.3 is 8.98 Å². The molecule has 0 N–H and O–H groups in total. The number of furan rings is 1. The molecule has 0 spiro atoms. The molecule has 3 aromatic heterocycles. The van der Waals surface area contributed by atoms with E-state index in [1.54, 1.807) is 0 Å². The Balaban J connectivity index is 1.27. The lowest BCUT2D eigenvalue weighted by atomic mass is 9.98. The third-order valence-corrected chi connectivity index (χ3v) is 9.13. The molecule has 0 fully saturated rings. The molecule has 0 atom stereocenters. The van der Waals surface area contributed by atoms with Crippen molar-refractivity contribution in [2.24, 2.45) is 0 Å². The first-order valence-electron chi connectivity index (χ1n) is 13.2. The van der Waals surface area contributed by atoms with Crippen LogP contribution in [0.1, 0.15) is 0 Å². The molecule has 0 saturated heterocycles. The Bertz CT molecular complexity index is 2350. The third kappa shape index (κ3) is 2.96. The van der Waals surface area contributed by atoms with E-state index in [1.807, 2.05) is 23.5 Å². The maximum atomic E-state index is 6.22. The standard InChI is InChI=1S/C36H21NOS/c1-4-12-30-25(8-1)26-9-2-5-13-31(26)37(30)23-17-19-29-35(21-23)39-34-15-7-11-24(36(29)34)22-16-18-28-27-10-3-6-14-32(27)38-33(28)20-22/h1-21H. The summed E-state index contributed by atoms with van der Waals surface area (Å²) in [7, 11) is 0. The van der Waals surface area contributed by atoms with Crippen molar-refractivity contribution in [2.75, 3.05) is 0 Å². The fourth-order valence-electron chi connectivity index (χ4n) is 6.29. The van der Waals surface area contributed by atoms with E-state index >= 15 is 0 Å². The number of hydrogen-bond donors (Lipinski definition) is 0. The second kappa shape index (κ2) is 7.83. The van der Waals surface area contributed by atoms with Crippen LogP contribution in [0.15, 0.2) is 132 Å². The van der Waals surface area contributed by atoms with Crippen LogP contribution in [0.25, 0.3) is 80.7 Å². The van der Waals surface area contributed by atoms with Crippen molar-refractivity contribution in [3.8, 4) is 16.8 Å². The zero-order valence-corrected chi connectivity index (χ0v) is 21.7. The number of aromatic nitrogens is 1. The highest BCUT2D eigenvalue weighted by Gasteiger charge is 2.16. The van der Waals surface area contributed by atoms with Crippen LogP contribution >= 0.6 is 11.3 Å². The van der Waals surface area contributed by atoms with E-state index in [4.69, 9.17) is 4.42 Å². The maximum absolute atomic E-state index is 6.22. The van der Waals surface area contributed by atoms with Gasteiger partial charge in [-0.25, -0.2) is 0 Å². The molecule has 0 radical (unpaired) electrons. The summed E-state index contributed by atoms with van der Waals surface area (Å²) >= 11 is 1.86. The Labute approximate surface area is 227 Å². The first-order valence-corrected chi connectivity index (χ1v) is 14.0. The second-order valence-corrected chi connectivity index (χ2v) is 11.2. The maximum Gasteiger partial charge on any atom is 0.136 e. The molecule has 2 nitrogen and oxygen atoms in total. The minimum Gasteiger partial charge on any atom is -0.456 e. The quantitative estimate of drug-likeness (QED) is 0.224. The van der Waals surface area contributed by atoms with Crippen LogP contribution < -0.4 is 0 Å². The highest BCUT2D eigenvalue weighted by Crippen LogP contribution is 2.42. The van der Waals surface area contributed by atoms with Gasteiger partial charge in [-0.05, 0) is 59.7 Å². The van der Waals surface area contributed by atoms with Crippen LogP contribution in [0.3, 0.4) is 0 Å². The Morgan fingerprint density at radius 2 is 1.18 bits per heavy atom. The lowest BCUT2D eigenvalue weighted by Crippen LogP contribution is -1.92. The number of benzene rings is 6. The van der Waals surface area contributed by atoms with E-state index in [0.29, 0.717) is 0 Å². The van der Waals surface area contributed by atoms with Crippen molar-refractivity contribution >= 4 is 75.3 Å². The van der Waals surface area contributed by atoms with Crippen molar-refractivity contribution < 1.29 is 4.42 Å². The lowest BCUT2D eigenvalue weighted by Gasteiger charge is -2.09. The molecular weight excluding hydrogens is 494 g/mol. The fourth-order valence-corrected chi connectivity index (χ4v) is 7.45. The van der Waals surface area contributed by atoms with E-state index < -0.39 is 0 Å². The number of para-hydroxylation sites is 3. The van der Waals surface area contributed by atoms with Gasteiger partial charge in [-0.3, -0.25) is 0 Å². The largest absolute Gasteiger partial charge is 0.456 e. The summed E-state index contributed by atoms with van der Waals surface area (Å²) in [5.74, 6) is 0. The van der Waals surface area contributed by atoms with E-state index in [9.17, 15) is 0 Å². The molecule has 9 aromatic rings. The number of thiophene rings is 1. The van der Waals surface area contributed by atoms with E-state index in [1.165, 1.54) is 58.8 Å². The van der Waals surface area contributed by atoms with Crippen molar-refractivity contribution in [1.29, 1.82) is 0 Å². The summed E-state index contributed by atoms with van der Waals surface area (Å²) in [6, 6.07) is 45.8. The molecule has 0 aliphatic heterocycles. The molecule has 0 aliphatic carbocycles. The van der Waals surface area contributed by atoms with Crippen LogP contribution in [-0.2, 0) is 0 Å². The zero-order chi connectivity index (χ0) is 25.5. The highest BCUT2D eigenvalue weighted by atomic mass is 32.1. The summed E-state index contributed by atoms with van der Waals surface area (Å²) in [5.41, 5.74) is 7.94. The predicted molar refractivity (Wildman–Crippen MR) is 166 cm³/mol. The molecule has 9 rings (SSSR count). The van der Waals surface area contributed by atoms with Gasteiger partial charge in [0, 0.05) is 47.4 Å². The highest BCUT2D eigenvalue weighted by molar-refractivity contribution is 7.26. The molecule has 6 aromatic carbocycles. The Hall–Kier alpha value is -4.86. The van der Waals surface area contributed by atoms with E-state index in [2.05, 4.69) is 120 Å². The minimum absolute atomic E-state index is 0.930. The SMILES string of the molecule is c1ccc2c(c1)oc1cc(-c3cccc4sc5cc(-n6c7ccccc7c7ccccc76)ccc5c34)ccc12. The normalized spacial score (nSPS) is 12.1. The number of nitrogens with zero attached hydrogens (tertiary/aromatic N) is 1. The van der Waals surface area contributed by atoms with Gasteiger partial charge in [0.05, 0.1) is 11.0 Å². The first-order chi connectivity index (χ1) is 19.3. The lowest BCUT2D eigenvalue weighted by molar-refractivity contribution is 0.669. The molecule has 39 heavy (non-hydrogen) atoms. The molecule has 0 unspecified atom stereocenters. The van der Waals surface area contributed by atoms with Gasteiger partial charge in [-0.1, -0.05) is 78.9 Å². The Morgan fingerprint density at radius 1 is 0.487 bits per heavy atom. The molecule has 3 heterocycles. The van der Waals surface area contributed by atoms with Crippen LogP contribution in [0, 0.1) is 0 Å². The van der Waals surface area contributed by atoms with Gasteiger partial charge in [-0.15, -0.1) is 11.3 Å². The van der Waals surface area contributed by atoms with Crippen molar-refractivity contribution in [1.82, 2.24) is 4.57 Å². The third-order valence-electron chi connectivity index (χ3n) is 8.01. The smallest absolute Gasteiger partial charge is 0.136 e. The fraction of sp³-hybridized carbons (Fsp3) is 0. The van der Waals surface area contributed by atoms with E-state index in [-0.39, 0.29) is 0 Å². The molecule has 0 amide bonds. The van der Waals surface area contributed by atoms with Gasteiger partial charge in [0.1, 0.15) is 11.2 Å². The molecule has 0 saturated carbocycles. The first kappa shape index (κ1) is 21.1. The molecule has 0 aliphatic rings. The van der Waals surface area contributed by atoms with Crippen LogP contribution in [0.2, 0.25) is 0 Å². The van der Waals surface area contributed by atoms with Crippen molar-refractivity contribution in [3.63, 3.8) is 0 Å². The molecule has 0 bridgehead atoms. The molecule has 182 valence electrons. The predicted octanol–water partition coefficient (Wildman–Crippen LogP) is 10.7.